The second-order valence-corrected chi connectivity index (χ2v) is 3.52. The topological polar surface area (TPSA) is 78.7 Å². The highest BCUT2D eigenvalue weighted by molar-refractivity contribution is 5.31. The summed E-state index contributed by atoms with van der Waals surface area (Å²) in [7, 11) is 0. The first-order chi connectivity index (χ1) is 7.68. The van der Waals surface area contributed by atoms with E-state index < -0.39 is 0 Å². The Morgan fingerprint density at radius 3 is 2.81 bits per heavy atom. The third-order valence-corrected chi connectivity index (χ3v) is 2.47. The summed E-state index contributed by atoms with van der Waals surface area (Å²) in [4.78, 5) is 11.4. The normalized spacial score (nSPS) is 10.6. The molecule has 0 aliphatic heterocycles. The largest absolute Gasteiger partial charge is 0.381 e. The monoisotopic (exact) mass is 219 g/mol. The lowest BCUT2D eigenvalue weighted by Gasteiger charge is -2.05. The Hall–Kier alpha value is -2.11. The van der Waals surface area contributed by atoms with Gasteiger partial charge in [-0.3, -0.25) is 4.79 Å². The molecule has 2 N–H and O–H groups in total. The fraction of sp³-hybridized carbons (Fsp3) is 0.300. The highest BCUT2D eigenvalue weighted by Gasteiger charge is 2.04. The molecule has 0 bridgehead atoms. The number of aromatic nitrogens is 4. The Balaban J connectivity index is 2.11. The molecule has 84 valence electrons. The van der Waals surface area contributed by atoms with Gasteiger partial charge in [0, 0.05) is 18.8 Å². The van der Waals surface area contributed by atoms with Crippen molar-refractivity contribution >= 4 is 5.82 Å². The van der Waals surface area contributed by atoms with E-state index in [1.54, 1.807) is 21.5 Å². The zero-order valence-corrected chi connectivity index (χ0v) is 9.00. The molecular formula is C10H13N5O. The van der Waals surface area contributed by atoms with Gasteiger partial charge in [0.05, 0.1) is 12.2 Å². The Morgan fingerprint density at radius 2 is 2.19 bits per heavy atom. The van der Waals surface area contributed by atoms with Crippen LogP contribution in [0, 0.1) is 6.92 Å². The molecule has 0 spiro atoms. The smallest absolute Gasteiger partial charge is 0.250 e. The van der Waals surface area contributed by atoms with Crippen LogP contribution in [0.4, 0.5) is 5.82 Å². The Morgan fingerprint density at radius 1 is 1.38 bits per heavy atom. The number of nitrogens with two attached hydrogens (primary N) is 1. The van der Waals surface area contributed by atoms with Crippen LogP contribution in [0.2, 0.25) is 0 Å². The van der Waals surface area contributed by atoms with Crippen molar-refractivity contribution in [1.82, 2.24) is 19.6 Å². The maximum Gasteiger partial charge on any atom is 0.250 e. The molecule has 2 heterocycles. The van der Waals surface area contributed by atoms with Gasteiger partial charge in [-0.2, -0.15) is 0 Å². The van der Waals surface area contributed by atoms with Gasteiger partial charge in [0.25, 0.3) is 5.56 Å². The lowest BCUT2D eigenvalue weighted by molar-refractivity contribution is 0.502. The van der Waals surface area contributed by atoms with Crippen LogP contribution in [0.15, 0.2) is 29.2 Å². The predicted octanol–water partition coefficient (Wildman–Crippen LogP) is 0.0306. The Kier molecular flexibility index (Phi) is 2.72. The molecule has 0 radical (unpaired) electrons. The SMILES string of the molecule is Cc1c(N)nnn1CCn1ccccc1=O. The van der Waals surface area contributed by atoms with Crippen molar-refractivity contribution in [3.8, 4) is 0 Å². The van der Waals surface area contributed by atoms with Crippen LogP contribution in [0.1, 0.15) is 5.69 Å². The predicted molar refractivity (Wildman–Crippen MR) is 59.9 cm³/mol. The summed E-state index contributed by atoms with van der Waals surface area (Å²) in [6.45, 7) is 2.99. The van der Waals surface area contributed by atoms with Gasteiger partial charge >= 0.3 is 0 Å². The molecule has 0 aliphatic carbocycles. The molecule has 2 aromatic heterocycles. The average Bonchev–Trinajstić information content (AvgIpc) is 2.59. The van der Waals surface area contributed by atoms with E-state index in [0.717, 1.165) is 5.69 Å². The van der Waals surface area contributed by atoms with Crippen LogP contribution in [-0.4, -0.2) is 19.6 Å². The molecule has 0 aliphatic rings. The summed E-state index contributed by atoms with van der Waals surface area (Å²) in [6, 6.07) is 5.07. The van der Waals surface area contributed by atoms with Crippen LogP contribution in [0.5, 0.6) is 0 Å². The summed E-state index contributed by atoms with van der Waals surface area (Å²) < 4.78 is 3.31. The molecule has 2 rings (SSSR count). The highest BCUT2D eigenvalue weighted by Crippen LogP contribution is 2.04. The minimum absolute atomic E-state index is 0.0201. The van der Waals surface area contributed by atoms with Crippen molar-refractivity contribution in [2.75, 3.05) is 5.73 Å². The number of rotatable bonds is 3. The quantitative estimate of drug-likeness (QED) is 0.790. The van der Waals surface area contributed by atoms with E-state index in [4.69, 9.17) is 5.73 Å². The zero-order valence-electron chi connectivity index (χ0n) is 9.00. The van der Waals surface area contributed by atoms with Crippen molar-refractivity contribution < 1.29 is 0 Å². The van der Waals surface area contributed by atoms with Gasteiger partial charge < -0.3 is 10.3 Å². The highest BCUT2D eigenvalue weighted by atomic mass is 16.1. The molecule has 2 aromatic rings. The minimum atomic E-state index is -0.0201. The lowest BCUT2D eigenvalue weighted by Crippen LogP contribution is -2.21. The van der Waals surface area contributed by atoms with Gasteiger partial charge in [-0.25, -0.2) is 4.68 Å². The second-order valence-electron chi connectivity index (χ2n) is 3.52. The molecule has 0 atom stereocenters. The van der Waals surface area contributed by atoms with E-state index in [1.165, 1.54) is 6.07 Å². The van der Waals surface area contributed by atoms with Crippen molar-refractivity contribution in [3.05, 3.63) is 40.4 Å². The summed E-state index contributed by atoms with van der Waals surface area (Å²) in [5, 5.41) is 7.64. The summed E-state index contributed by atoms with van der Waals surface area (Å²) >= 11 is 0. The van der Waals surface area contributed by atoms with E-state index in [1.807, 2.05) is 13.0 Å². The molecule has 0 aromatic carbocycles. The summed E-state index contributed by atoms with van der Waals surface area (Å²) in [5.74, 6) is 0.431. The average molecular weight is 219 g/mol. The van der Waals surface area contributed by atoms with Gasteiger partial charge in [0.15, 0.2) is 5.82 Å². The van der Waals surface area contributed by atoms with Crippen LogP contribution in [-0.2, 0) is 13.1 Å². The van der Waals surface area contributed by atoms with Gasteiger partial charge in [-0.1, -0.05) is 11.3 Å². The van der Waals surface area contributed by atoms with Crippen molar-refractivity contribution in [3.63, 3.8) is 0 Å². The van der Waals surface area contributed by atoms with Crippen LogP contribution < -0.4 is 11.3 Å². The molecule has 0 fully saturated rings. The van der Waals surface area contributed by atoms with Gasteiger partial charge in [0.2, 0.25) is 0 Å². The molecule has 6 heteroatoms. The molecule has 16 heavy (non-hydrogen) atoms. The minimum Gasteiger partial charge on any atom is -0.381 e. The van der Waals surface area contributed by atoms with Crippen molar-refractivity contribution in [1.29, 1.82) is 0 Å². The molecule has 0 saturated carbocycles. The van der Waals surface area contributed by atoms with Gasteiger partial charge in [-0.05, 0) is 13.0 Å². The number of hydrogen-bond acceptors (Lipinski definition) is 4. The van der Waals surface area contributed by atoms with Crippen molar-refractivity contribution in [2.24, 2.45) is 0 Å². The van der Waals surface area contributed by atoms with Crippen molar-refractivity contribution in [2.45, 2.75) is 20.0 Å². The molecular weight excluding hydrogens is 206 g/mol. The van der Waals surface area contributed by atoms with Crippen LogP contribution in [0.3, 0.4) is 0 Å². The third kappa shape index (κ3) is 1.95. The lowest BCUT2D eigenvalue weighted by atomic mass is 10.4. The Bertz CT molecular complexity index is 542. The standard InChI is InChI=1S/C10H13N5O/c1-8-10(11)12-13-15(8)7-6-14-5-3-2-4-9(14)16/h2-5H,6-7,11H2,1H3. The van der Waals surface area contributed by atoms with Gasteiger partial charge in [-0.15, -0.1) is 5.10 Å². The maximum absolute atomic E-state index is 11.4. The first-order valence-corrected chi connectivity index (χ1v) is 4.99. The number of aryl methyl sites for hydroxylation is 2. The summed E-state index contributed by atoms with van der Waals surface area (Å²) in [5.41, 5.74) is 6.38. The Labute approximate surface area is 92.3 Å². The van der Waals surface area contributed by atoms with E-state index in [9.17, 15) is 4.79 Å². The van der Waals surface area contributed by atoms with Gasteiger partial charge in [0.1, 0.15) is 0 Å². The van der Waals surface area contributed by atoms with E-state index >= 15 is 0 Å². The first-order valence-electron chi connectivity index (χ1n) is 4.99. The number of hydrogen-bond donors (Lipinski definition) is 1. The van der Waals surface area contributed by atoms with Crippen LogP contribution in [0.25, 0.3) is 0 Å². The fourth-order valence-corrected chi connectivity index (χ4v) is 1.43. The number of nitrogen functional groups attached to an aromatic ring is 1. The number of pyridine rings is 1. The number of nitrogens with zero attached hydrogens (tertiary/aromatic N) is 4. The van der Waals surface area contributed by atoms with Crippen LogP contribution >= 0.6 is 0 Å². The maximum atomic E-state index is 11.4. The fourth-order valence-electron chi connectivity index (χ4n) is 1.43. The third-order valence-electron chi connectivity index (χ3n) is 2.47. The first kappa shape index (κ1) is 10.4. The summed E-state index contributed by atoms with van der Waals surface area (Å²) in [6.07, 6.45) is 1.75. The molecule has 0 unspecified atom stereocenters. The molecule has 0 saturated heterocycles. The van der Waals surface area contributed by atoms with E-state index in [0.29, 0.717) is 18.9 Å². The number of anilines is 1. The zero-order chi connectivity index (χ0) is 11.5. The molecule has 6 nitrogen and oxygen atoms in total. The second kappa shape index (κ2) is 4.18. The van der Waals surface area contributed by atoms with E-state index in [-0.39, 0.29) is 5.56 Å². The molecule has 0 amide bonds. The van der Waals surface area contributed by atoms with E-state index in [2.05, 4.69) is 10.3 Å².